The lowest BCUT2D eigenvalue weighted by molar-refractivity contribution is 0.664. The second-order valence-electron chi connectivity index (χ2n) is 2.64. The molecular formula is C10H12F+. The lowest BCUT2D eigenvalue weighted by Gasteiger charge is -1.98. The molecule has 0 aliphatic heterocycles. The topological polar surface area (TPSA) is 0 Å². The van der Waals surface area contributed by atoms with Crippen LogP contribution in [0.2, 0.25) is 0 Å². The van der Waals surface area contributed by atoms with E-state index in [4.69, 9.17) is 0 Å². The molecule has 0 N–H and O–H groups in total. The SMILES string of the molecule is CC/C(C)=C1/C=C(F)C=C[CH+]1. The van der Waals surface area contributed by atoms with Gasteiger partial charge in [-0.15, -0.1) is 0 Å². The van der Waals surface area contributed by atoms with Crippen LogP contribution >= 0.6 is 0 Å². The summed E-state index contributed by atoms with van der Waals surface area (Å²) in [5, 5.41) is 0. The van der Waals surface area contributed by atoms with Crippen molar-refractivity contribution in [3.8, 4) is 0 Å². The predicted octanol–water partition coefficient (Wildman–Crippen LogP) is 3.34. The summed E-state index contributed by atoms with van der Waals surface area (Å²) in [4.78, 5) is 0. The number of hydrogen-bond acceptors (Lipinski definition) is 0. The molecule has 0 saturated heterocycles. The number of halogens is 1. The quantitative estimate of drug-likeness (QED) is 0.504. The zero-order valence-electron chi connectivity index (χ0n) is 6.89. The van der Waals surface area contributed by atoms with Gasteiger partial charge in [-0.3, -0.25) is 0 Å². The first kappa shape index (κ1) is 8.12. The van der Waals surface area contributed by atoms with Crippen molar-refractivity contribution in [2.75, 3.05) is 0 Å². The molecule has 11 heavy (non-hydrogen) atoms. The van der Waals surface area contributed by atoms with E-state index >= 15 is 0 Å². The molecule has 1 heteroatoms. The van der Waals surface area contributed by atoms with Crippen LogP contribution in [-0.4, -0.2) is 0 Å². The Morgan fingerprint density at radius 2 is 2.36 bits per heavy atom. The van der Waals surface area contributed by atoms with E-state index in [2.05, 4.69) is 6.92 Å². The molecule has 0 aromatic carbocycles. The van der Waals surface area contributed by atoms with Crippen molar-refractivity contribution in [2.45, 2.75) is 20.3 Å². The normalized spacial score (nSPS) is 20.8. The van der Waals surface area contributed by atoms with Gasteiger partial charge in [0, 0.05) is 24.5 Å². The summed E-state index contributed by atoms with van der Waals surface area (Å²) in [6.45, 7) is 4.09. The second kappa shape index (κ2) is 3.42. The average Bonchev–Trinajstić information content (AvgIpc) is 2.03. The van der Waals surface area contributed by atoms with Crippen molar-refractivity contribution in [1.82, 2.24) is 0 Å². The largest absolute Gasteiger partial charge is 0.205 e. The molecular weight excluding hydrogens is 139 g/mol. The molecule has 0 atom stereocenters. The highest BCUT2D eigenvalue weighted by Gasteiger charge is 2.10. The average molecular weight is 151 g/mol. The van der Waals surface area contributed by atoms with E-state index in [1.165, 1.54) is 11.6 Å². The first-order chi connectivity index (χ1) is 5.24. The van der Waals surface area contributed by atoms with Gasteiger partial charge in [0.25, 0.3) is 0 Å². The summed E-state index contributed by atoms with van der Waals surface area (Å²) in [5.74, 6) is -0.157. The zero-order valence-corrected chi connectivity index (χ0v) is 6.89. The lowest BCUT2D eigenvalue weighted by Crippen LogP contribution is -1.89. The Morgan fingerprint density at radius 3 is 2.91 bits per heavy atom. The first-order valence-electron chi connectivity index (χ1n) is 3.82. The molecule has 0 spiro atoms. The minimum atomic E-state index is -0.157. The Hall–Kier alpha value is -0.980. The third-order valence-electron chi connectivity index (χ3n) is 1.85. The molecule has 0 fully saturated rings. The molecule has 58 valence electrons. The molecule has 0 heterocycles. The third kappa shape index (κ3) is 1.97. The first-order valence-corrected chi connectivity index (χ1v) is 3.82. The fourth-order valence-electron chi connectivity index (χ4n) is 0.958. The highest BCUT2D eigenvalue weighted by atomic mass is 19.1. The van der Waals surface area contributed by atoms with E-state index < -0.39 is 0 Å². The van der Waals surface area contributed by atoms with Crippen LogP contribution in [-0.2, 0) is 0 Å². The fraction of sp³-hybridized carbons (Fsp3) is 0.300. The lowest BCUT2D eigenvalue weighted by atomic mass is 10.0. The summed E-state index contributed by atoms with van der Waals surface area (Å²) in [6.07, 6.45) is 7.68. The van der Waals surface area contributed by atoms with Crippen molar-refractivity contribution in [3.05, 3.63) is 41.6 Å². The van der Waals surface area contributed by atoms with Crippen molar-refractivity contribution < 1.29 is 4.39 Å². The maximum atomic E-state index is 12.7. The van der Waals surface area contributed by atoms with Crippen molar-refractivity contribution in [2.24, 2.45) is 0 Å². The van der Waals surface area contributed by atoms with Gasteiger partial charge in [0.2, 0.25) is 5.83 Å². The minimum Gasteiger partial charge on any atom is -0.183 e. The molecule has 1 aliphatic rings. The molecule has 1 rings (SSSR count). The summed E-state index contributed by atoms with van der Waals surface area (Å²) in [7, 11) is 0. The Morgan fingerprint density at radius 1 is 1.64 bits per heavy atom. The van der Waals surface area contributed by atoms with Gasteiger partial charge in [-0.2, -0.15) is 4.39 Å². The number of allylic oxidation sites excluding steroid dienone is 6. The van der Waals surface area contributed by atoms with Gasteiger partial charge < -0.3 is 0 Å². The van der Waals surface area contributed by atoms with Crippen molar-refractivity contribution >= 4 is 0 Å². The van der Waals surface area contributed by atoms with Gasteiger partial charge in [-0.05, 0) is 6.92 Å². The third-order valence-corrected chi connectivity index (χ3v) is 1.85. The van der Waals surface area contributed by atoms with E-state index in [-0.39, 0.29) is 5.83 Å². The molecule has 0 amide bonds. The Balaban J connectivity index is 2.86. The molecule has 0 aromatic heterocycles. The Labute approximate surface area is 67.1 Å². The number of rotatable bonds is 1. The van der Waals surface area contributed by atoms with Crippen LogP contribution < -0.4 is 0 Å². The number of hydrogen-bond donors (Lipinski definition) is 0. The van der Waals surface area contributed by atoms with Gasteiger partial charge in [-0.25, -0.2) is 0 Å². The fourth-order valence-corrected chi connectivity index (χ4v) is 0.958. The summed E-state index contributed by atoms with van der Waals surface area (Å²) >= 11 is 0. The van der Waals surface area contributed by atoms with E-state index in [0.717, 1.165) is 12.0 Å². The molecule has 0 aromatic rings. The van der Waals surface area contributed by atoms with Crippen LogP contribution in [0, 0.1) is 6.42 Å². The summed E-state index contributed by atoms with van der Waals surface area (Å²) < 4.78 is 12.7. The van der Waals surface area contributed by atoms with Crippen molar-refractivity contribution in [1.29, 1.82) is 0 Å². The molecule has 1 aliphatic carbocycles. The van der Waals surface area contributed by atoms with Crippen LogP contribution in [0.25, 0.3) is 0 Å². The van der Waals surface area contributed by atoms with E-state index in [9.17, 15) is 4.39 Å². The van der Waals surface area contributed by atoms with E-state index in [0.29, 0.717) is 0 Å². The van der Waals surface area contributed by atoms with E-state index in [1.54, 1.807) is 12.2 Å². The van der Waals surface area contributed by atoms with Crippen LogP contribution in [0.5, 0.6) is 0 Å². The van der Waals surface area contributed by atoms with Gasteiger partial charge in [0.1, 0.15) is 0 Å². The smallest absolute Gasteiger partial charge is 0.183 e. The van der Waals surface area contributed by atoms with Gasteiger partial charge in [0.05, 0.1) is 17.7 Å². The van der Waals surface area contributed by atoms with E-state index in [1.807, 2.05) is 13.3 Å². The van der Waals surface area contributed by atoms with Crippen molar-refractivity contribution in [3.63, 3.8) is 0 Å². The minimum absolute atomic E-state index is 0.157. The monoisotopic (exact) mass is 151 g/mol. The molecule has 0 saturated carbocycles. The van der Waals surface area contributed by atoms with Gasteiger partial charge in [0.15, 0.2) is 0 Å². The standard InChI is InChI=1S/C10H12F/c1-3-8(2)9-5-4-6-10(11)7-9/h4-7H,3H2,1-2H3/q+1/b9-8+. The zero-order chi connectivity index (χ0) is 8.27. The highest BCUT2D eigenvalue weighted by molar-refractivity contribution is 5.43. The molecule has 0 bridgehead atoms. The van der Waals surface area contributed by atoms with Crippen LogP contribution in [0.1, 0.15) is 20.3 Å². The molecule has 0 nitrogen and oxygen atoms in total. The maximum absolute atomic E-state index is 12.7. The Kier molecular flexibility index (Phi) is 2.53. The van der Waals surface area contributed by atoms with Crippen LogP contribution in [0.4, 0.5) is 4.39 Å². The summed E-state index contributed by atoms with van der Waals surface area (Å²) in [6, 6.07) is 0. The van der Waals surface area contributed by atoms with Crippen LogP contribution in [0.15, 0.2) is 35.2 Å². The second-order valence-corrected chi connectivity index (χ2v) is 2.64. The highest BCUT2D eigenvalue weighted by Crippen LogP contribution is 2.20. The Bertz CT molecular complexity index is 231. The predicted molar refractivity (Wildman–Crippen MR) is 45.6 cm³/mol. The molecule has 0 unspecified atom stereocenters. The van der Waals surface area contributed by atoms with Gasteiger partial charge in [-0.1, -0.05) is 6.92 Å². The maximum Gasteiger partial charge on any atom is 0.205 e. The van der Waals surface area contributed by atoms with Gasteiger partial charge >= 0.3 is 0 Å². The summed E-state index contributed by atoms with van der Waals surface area (Å²) in [5.41, 5.74) is 2.23. The molecule has 0 radical (unpaired) electrons. The van der Waals surface area contributed by atoms with Crippen LogP contribution in [0.3, 0.4) is 0 Å².